The quantitative estimate of drug-likeness (QED) is 0.851. The van der Waals surface area contributed by atoms with Crippen molar-refractivity contribution in [2.45, 2.75) is 38.3 Å². The second kappa shape index (κ2) is 5.64. The van der Waals surface area contributed by atoms with Crippen molar-refractivity contribution >= 4 is 11.3 Å². The molecule has 15 heavy (non-hydrogen) atoms. The summed E-state index contributed by atoms with van der Waals surface area (Å²) >= 11 is 1.83. The Balaban J connectivity index is 1.92. The van der Waals surface area contributed by atoms with Crippen molar-refractivity contribution in [3.8, 4) is 0 Å². The third kappa shape index (κ3) is 3.03. The lowest BCUT2D eigenvalue weighted by Crippen LogP contribution is -2.39. The van der Waals surface area contributed by atoms with Crippen molar-refractivity contribution < 1.29 is 5.11 Å². The smallest absolute Gasteiger partial charge is 0.0445 e. The van der Waals surface area contributed by atoms with Crippen LogP contribution in [0.3, 0.4) is 0 Å². The molecule has 84 valence electrons. The van der Waals surface area contributed by atoms with Gasteiger partial charge in [0.05, 0.1) is 0 Å². The van der Waals surface area contributed by atoms with Crippen LogP contribution in [0, 0.1) is 0 Å². The van der Waals surface area contributed by atoms with E-state index in [1.165, 1.54) is 30.7 Å². The van der Waals surface area contributed by atoms with Crippen molar-refractivity contribution in [2.24, 2.45) is 0 Å². The number of hydrogen-bond acceptors (Lipinski definition) is 3. The summed E-state index contributed by atoms with van der Waals surface area (Å²) in [7, 11) is 0. The lowest BCUT2D eigenvalue weighted by molar-refractivity contribution is 0.113. The second-order valence-corrected chi connectivity index (χ2v) is 5.24. The Morgan fingerprint density at radius 3 is 3.13 bits per heavy atom. The molecule has 1 atom stereocenters. The zero-order chi connectivity index (χ0) is 10.5. The van der Waals surface area contributed by atoms with Gasteiger partial charge >= 0.3 is 0 Å². The molecule has 2 heterocycles. The summed E-state index contributed by atoms with van der Waals surface area (Å²) in [5.41, 5.74) is 0. The molecule has 2 rings (SSSR count). The minimum Gasteiger partial charge on any atom is -0.396 e. The van der Waals surface area contributed by atoms with Crippen LogP contribution in [0.15, 0.2) is 17.5 Å². The Kier molecular flexibility index (Phi) is 4.18. The van der Waals surface area contributed by atoms with E-state index in [0.717, 1.165) is 13.0 Å². The van der Waals surface area contributed by atoms with Gasteiger partial charge in [-0.3, -0.25) is 4.90 Å². The van der Waals surface area contributed by atoms with Crippen LogP contribution in [0.5, 0.6) is 0 Å². The first-order valence-electron chi connectivity index (χ1n) is 5.77. The number of likely N-dealkylation sites (tertiary alicyclic amines) is 1. The van der Waals surface area contributed by atoms with Crippen LogP contribution >= 0.6 is 11.3 Å². The maximum atomic E-state index is 9.04. The first kappa shape index (κ1) is 11.1. The minimum absolute atomic E-state index is 0.325. The van der Waals surface area contributed by atoms with E-state index in [2.05, 4.69) is 22.4 Å². The summed E-state index contributed by atoms with van der Waals surface area (Å²) in [6.07, 6.45) is 4.83. The Hall–Kier alpha value is -0.380. The van der Waals surface area contributed by atoms with Crippen LogP contribution in [0.25, 0.3) is 0 Å². The highest BCUT2D eigenvalue weighted by molar-refractivity contribution is 7.09. The van der Waals surface area contributed by atoms with Gasteiger partial charge in [-0.2, -0.15) is 0 Å². The van der Waals surface area contributed by atoms with Crippen LogP contribution in [0.4, 0.5) is 0 Å². The van der Waals surface area contributed by atoms with Gasteiger partial charge in [-0.15, -0.1) is 11.3 Å². The van der Waals surface area contributed by atoms with Gasteiger partial charge in [-0.05, 0) is 37.3 Å². The molecule has 1 unspecified atom stereocenters. The highest BCUT2D eigenvalue weighted by atomic mass is 32.1. The topological polar surface area (TPSA) is 23.5 Å². The highest BCUT2D eigenvalue weighted by Crippen LogP contribution is 2.23. The number of aliphatic hydroxyl groups excluding tert-OH is 1. The molecule has 0 spiro atoms. The summed E-state index contributed by atoms with van der Waals surface area (Å²) in [6.45, 7) is 2.59. The zero-order valence-electron chi connectivity index (χ0n) is 9.06. The molecule has 0 aliphatic carbocycles. The van der Waals surface area contributed by atoms with E-state index in [4.69, 9.17) is 5.11 Å². The lowest BCUT2D eigenvalue weighted by atomic mass is 9.99. The summed E-state index contributed by atoms with van der Waals surface area (Å²) in [4.78, 5) is 3.98. The van der Waals surface area contributed by atoms with Crippen molar-refractivity contribution in [1.29, 1.82) is 0 Å². The molecule has 1 aliphatic heterocycles. The average molecular weight is 225 g/mol. The fourth-order valence-electron chi connectivity index (χ4n) is 2.35. The van der Waals surface area contributed by atoms with E-state index < -0.39 is 0 Å². The predicted molar refractivity (Wildman–Crippen MR) is 64.1 cm³/mol. The molecule has 0 saturated carbocycles. The molecule has 1 aliphatic rings. The second-order valence-electron chi connectivity index (χ2n) is 4.21. The fraction of sp³-hybridized carbons (Fsp3) is 0.667. The Bertz CT molecular complexity index is 271. The SMILES string of the molecule is OCCC1CCCCN1Cc1cccs1. The van der Waals surface area contributed by atoms with Crippen molar-refractivity contribution in [3.63, 3.8) is 0 Å². The van der Waals surface area contributed by atoms with E-state index in [1.807, 2.05) is 11.3 Å². The molecule has 1 N–H and O–H groups in total. The molecule has 0 aromatic carbocycles. The standard InChI is InChI=1S/C12H19NOS/c14-8-6-11-4-1-2-7-13(11)10-12-5-3-9-15-12/h3,5,9,11,14H,1-2,4,6-8,10H2. The first-order chi connectivity index (χ1) is 7.40. The molecular formula is C12H19NOS. The average Bonchev–Trinajstić information content (AvgIpc) is 2.74. The molecule has 0 amide bonds. The van der Waals surface area contributed by atoms with E-state index in [1.54, 1.807) is 0 Å². The molecule has 1 aromatic heterocycles. The van der Waals surface area contributed by atoms with Crippen LogP contribution in [0.1, 0.15) is 30.6 Å². The number of hydrogen-bond donors (Lipinski definition) is 1. The van der Waals surface area contributed by atoms with Crippen LogP contribution in [-0.4, -0.2) is 29.2 Å². The molecule has 3 heteroatoms. The molecular weight excluding hydrogens is 206 g/mol. The monoisotopic (exact) mass is 225 g/mol. The third-order valence-electron chi connectivity index (χ3n) is 3.15. The van der Waals surface area contributed by atoms with Crippen molar-refractivity contribution in [2.75, 3.05) is 13.2 Å². The summed E-state index contributed by atoms with van der Waals surface area (Å²) < 4.78 is 0. The van der Waals surface area contributed by atoms with Crippen LogP contribution < -0.4 is 0 Å². The number of piperidine rings is 1. The number of thiophene rings is 1. The number of rotatable bonds is 4. The predicted octanol–water partition coefficient (Wildman–Crippen LogP) is 2.49. The third-order valence-corrected chi connectivity index (χ3v) is 4.01. The fourth-order valence-corrected chi connectivity index (χ4v) is 3.08. The van der Waals surface area contributed by atoms with Gasteiger partial charge in [0, 0.05) is 24.1 Å². The normalized spacial score (nSPS) is 23.1. The van der Waals surface area contributed by atoms with E-state index >= 15 is 0 Å². The maximum absolute atomic E-state index is 9.04. The maximum Gasteiger partial charge on any atom is 0.0445 e. The molecule has 1 saturated heterocycles. The van der Waals surface area contributed by atoms with Crippen LogP contribution in [0.2, 0.25) is 0 Å². The van der Waals surface area contributed by atoms with E-state index in [0.29, 0.717) is 12.6 Å². The van der Waals surface area contributed by atoms with E-state index in [-0.39, 0.29) is 0 Å². The zero-order valence-corrected chi connectivity index (χ0v) is 9.88. The Labute approximate surface area is 95.5 Å². The summed E-state index contributed by atoms with van der Waals surface area (Å²) in [6, 6.07) is 4.92. The van der Waals surface area contributed by atoms with Gasteiger partial charge in [0.1, 0.15) is 0 Å². The van der Waals surface area contributed by atoms with Gasteiger partial charge in [-0.25, -0.2) is 0 Å². The molecule has 1 fully saturated rings. The van der Waals surface area contributed by atoms with Gasteiger partial charge in [0.15, 0.2) is 0 Å². The van der Waals surface area contributed by atoms with Gasteiger partial charge in [0.25, 0.3) is 0 Å². The van der Waals surface area contributed by atoms with Gasteiger partial charge < -0.3 is 5.11 Å². The minimum atomic E-state index is 0.325. The van der Waals surface area contributed by atoms with Crippen LogP contribution in [-0.2, 0) is 6.54 Å². The lowest BCUT2D eigenvalue weighted by Gasteiger charge is -2.35. The summed E-state index contributed by atoms with van der Waals surface area (Å²) in [5, 5.41) is 11.2. The van der Waals surface area contributed by atoms with Crippen molar-refractivity contribution in [3.05, 3.63) is 22.4 Å². The Morgan fingerprint density at radius 2 is 2.40 bits per heavy atom. The Morgan fingerprint density at radius 1 is 1.47 bits per heavy atom. The highest BCUT2D eigenvalue weighted by Gasteiger charge is 2.21. The van der Waals surface area contributed by atoms with Crippen molar-refractivity contribution in [1.82, 2.24) is 4.90 Å². The van der Waals surface area contributed by atoms with Gasteiger partial charge in [0.2, 0.25) is 0 Å². The molecule has 1 aromatic rings. The number of nitrogens with zero attached hydrogens (tertiary/aromatic N) is 1. The number of aliphatic hydroxyl groups is 1. The van der Waals surface area contributed by atoms with Gasteiger partial charge in [-0.1, -0.05) is 12.5 Å². The first-order valence-corrected chi connectivity index (χ1v) is 6.65. The van der Waals surface area contributed by atoms with E-state index in [9.17, 15) is 0 Å². The molecule has 0 radical (unpaired) electrons. The molecule has 0 bridgehead atoms. The largest absolute Gasteiger partial charge is 0.396 e. The molecule has 2 nitrogen and oxygen atoms in total. The summed E-state index contributed by atoms with van der Waals surface area (Å²) in [5.74, 6) is 0.